The number of amides is 2. The van der Waals surface area contributed by atoms with Crippen molar-refractivity contribution in [2.45, 2.75) is 6.92 Å². The molecular formula is C28H28N4O3. The quantitative estimate of drug-likeness (QED) is 0.393. The number of anilines is 3. The van der Waals surface area contributed by atoms with Crippen molar-refractivity contribution in [2.24, 2.45) is 0 Å². The van der Waals surface area contributed by atoms with Crippen molar-refractivity contribution in [1.82, 2.24) is 4.98 Å². The lowest BCUT2D eigenvalue weighted by molar-refractivity contribution is 0.123. The van der Waals surface area contributed by atoms with E-state index in [2.05, 4.69) is 33.7 Å². The fourth-order valence-corrected chi connectivity index (χ4v) is 4.31. The van der Waals surface area contributed by atoms with Crippen molar-refractivity contribution in [2.75, 3.05) is 48.9 Å². The zero-order chi connectivity index (χ0) is 24.2. The molecule has 4 aromatic rings. The molecule has 2 amide bonds. The number of rotatable bonds is 5. The highest BCUT2D eigenvalue weighted by Crippen LogP contribution is 2.33. The second-order valence-corrected chi connectivity index (χ2v) is 8.51. The highest BCUT2D eigenvalue weighted by atomic mass is 16.5. The maximum absolute atomic E-state index is 12.8. The third-order valence-corrected chi connectivity index (χ3v) is 6.07. The van der Waals surface area contributed by atoms with E-state index in [1.807, 2.05) is 61.5 Å². The standard InChI is InChI=1S/C28H28N4O3/c1-19-8-11-27(34-2)25(16-19)31-28(33)29-21-9-10-23-22(17-21)26(32-12-14-35-15-13-32)18-24(30-23)20-6-4-3-5-7-20/h3-11,16-18H,12-15H2,1-2H3,(H2,29,31,33). The van der Waals surface area contributed by atoms with Crippen LogP contribution in [0.1, 0.15) is 5.56 Å². The van der Waals surface area contributed by atoms with Crippen LogP contribution in [-0.4, -0.2) is 44.4 Å². The summed E-state index contributed by atoms with van der Waals surface area (Å²) in [5, 5.41) is 6.83. The number of aryl methyl sites for hydroxylation is 1. The zero-order valence-electron chi connectivity index (χ0n) is 19.9. The number of ether oxygens (including phenoxy) is 2. The predicted octanol–water partition coefficient (Wildman–Crippen LogP) is 5.70. The number of fused-ring (bicyclic) bond motifs is 1. The molecule has 0 saturated carbocycles. The number of hydrogen-bond acceptors (Lipinski definition) is 5. The molecule has 1 fully saturated rings. The van der Waals surface area contributed by atoms with Crippen molar-refractivity contribution in [3.05, 3.63) is 78.4 Å². The predicted molar refractivity (Wildman–Crippen MR) is 141 cm³/mol. The van der Waals surface area contributed by atoms with Gasteiger partial charge in [-0.05, 0) is 48.9 Å². The lowest BCUT2D eigenvalue weighted by atomic mass is 10.1. The van der Waals surface area contributed by atoms with Crippen LogP contribution >= 0.6 is 0 Å². The molecule has 1 saturated heterocycles. The normalized spacial score (nSPS) is 13.5. The van der Waals surface area contributed by atoms with Crippen LogP contribution in [0.15, 0.2) is 72.8 Å². The van der Waals surface area contributed by atoms with Crippen molar-refractivity contribution in [3.63, 3.8) is 0 Å². The third-order valence-electron chi connectivity index (χ3n) is 6.07. The maximum Gasteiger partial charge on any atom is 0.323 e. The lowest BCUT2D eigenvalue weighted by Crippen LogP contribution is -2.36. The molecule has 0 spiro atoms. The number of aromatic nitrogens is 1. The average molecular weight is 469 g/mol. The highest BCUT2D eigenvalue weighted by Gasteiger charge is 2.17. The minimum absolute atomic E-state index is 0.338. The number of carbonyl (C=O) groups excluding carboxylic acids is 1. The van der Waals surface area contributed by atoms with Crippen LogP contribution in [0, 0.1) is 6.92 Å². The van der Waals surface area contributed by atoms with Crippen molar-refractivity contribution < 1.29 is 14.3 Å². The average Bonchev–Trinajstić information content (AvgIpc) is 2.89. The SMILES string of the molecule is COc1ccc(C)cc1NC(=O)Nc1ccc2nc(-c3ccccc3)cc(N3CCOCC3)c2c1. The van der Waals surface area contributed by atoms with Crippen LogP contribution in [0.5, 0.6) is 5.75 Å². The first-order valence-electron chi connectivity index (χ1n) is 11.7. The van der Waals surface area contributed by atoms with E-state index in [9.17, 15) is 4.79 Å². The maximum atomic E-state index is 12.8. The van der Waals surface area contributed by atoms with Crippen LogP contribution < -0.4 is 20.3 Å². The number of urea groups is 1. The van der Waals surface area contributed by atoms with E-state index < -0.39 is 0 Å². The summed E-state index contributed by atoms with van der Waals surface area (Å²) < 4.78 is 10.9. The van der Waals surface area contributed by atoms with E-state index in [-0.39, 0.29) is 6.03 Å². The number of pyridine rings is 1. The van der Waals surface area contributed by atoms with Gasteiger partial charge in [0.05, 0.1) is 37.2 Å². The molecule has 178 valence electrons. The molecule has 0 atom stereocenters. The molecule has 0 bridgehead atoms. The molecule has 1 aliphatic heterocycles. The Bertz CT molecular complexity index is 1350. The Balaban J connectivity index is 1.47. The molecule has 1 aromatic heterocycles. The number of carbonyl (C=O) groups is 1. The summed E-state index contributed by atoms with van der Waals surface area (Å²) in [6.07, 6.45) is 0. The van der Waals surface area contributed by atoms with E-state index in [4.69, 9.17) is 14.5 Å². The minimum atomic E-state index is -0.338. The molecule has 0 aliphatic carbocycles. The molecule has 7 heteroatoms. The van der Waals surface area contributed by atoms with Gasteiger partial charge in [-0.3, -0.25) is 0 Å². The molecule has 2 heterocycles. The molecule has 2 N–H and O–H groups in total. The summed E-state index contributed by atoms with van der Waals surface area (Å²) >= 11 is 0. The first-order chi connectivity index (χ1) is 17.1. The topological polar surface area (TPSA) is 75.7 Å². The van der Waals surface area contributed by atoms with Gasteiger partial charge in [-0.15, -0.1) is 0 Å². The molecule has 35 heavy (non-hydrogen) atoms. The van der Waals surface area contributed by atoms with Crippen LogP contribution in [0.2, 0.25) is 0 Å². The molecular weight excluding hydrogens is 440 g/mol. The fourth-order valence-electron chi connectivity index (χ4n) is 4.31. The van der Waals surface area contributed by atoms with Crippen LogP contribution in [0.25, 0.3) is 22.2 Å². The number of nitrogens with one attached hydrogen (secondary N) is 2. The van der Waals surface area contributed by atoms with E-state index in [0.29, 0.717) is 30.3 Å². The number of hydrogen-bond donors (Lipinski definition) is 2. The molecule has 0 unspecified atom stereocenters. The van der Waals surface area contributed by atoms with Gasteiger partial charge in [-0.25, -0.2) is 9.78 Å². The van der Waals surface area contributed by atoms with Gasteiger partial charge >= 0.3 is 6.03 Å². The smallest absolute Gasteiger partial charge is 0.323 e. The Morgan fingerprint density at radius 2 is 1.77 bits per heavy atom. The van der Waals surface area contributed by atoms with Gasteiger partial charge < -0.3 is 25.0 Å². The number of morpholine rings is 1. The zero-order valence-corrected chi connectivity index (χ0v) is 19.9. The van der Waals surface area contributed by atoms with Gasteiger partial charge in [0.1, 0.15) is 5.75 Å². The number of benzene rings is 3. The summed E-state index contributed by atoms with van der Waals surface area (Å²) in [7, 11) is 1.58. The first-order valence-corrected chi connectivity index (χ1v) is 11.7. The number of nitrogens with zero attached hydrogens (tertiary/aromatic N) is 2. The molecule has 0 radical (unpaired) electrons. The fraction of sp³-hybridized carbons (Fsp3) is 0.214. The largest absolute Gasteiger partial charge is 0.495 e. The second-order valence-electron chi connectivity index (χ2n) is 8.51. The summed E-state index contributed by atoms with van der Waals surface area (Å²) in [6, 6.07) is 23.4. The Hall–Kier alpha value is -4.10. The minimum Gasteiger partial charge on any atom is -0.495 e. The van der Waals surface area contributed by atoms with Crippen LogP contribution in [0.3, 0.4) is 0 Å². The monoisotopic (exact) mass is 468 g/mol. The summed E-state index contributed by atoms with van der Waals surface area (Å²) in [4.78, 5) is 20.0. The van der Waals surface area contributed by atoms with Crippen LogP contribution in [-0.2, 0) is 4.74 Å². The van der Waals surface area contributed by atoms with Gasteiger partial charge in [0, 0.05) is 35.4 Å². The Morgan fingerprint density at radius 3 is 2.54 bits per heavy atom. The summed E-state index contributed by atoms with van der Waals surface area (Å²) in [6.45, 7) is 4.94. The molecule has 7 nitrogen and oxygen atoms in total. The van der Waals surface area contributed by atoms with Gasteiger partial charge in [0.15, 0.2) is 0 Å². The second kappa shape index (κ2) is 10.0. The Labute approximate surface area is 204 Å². The van der Waals surface area contributed by atoms with Gasteiger partial charge in [-0.2, -0.15) is 0 Å². The first kappa shape index (κ1) is 22.7. The van der Waals surface area contributed by atoms with Gasteiger partial charge in [0.2, 0.25) is 0 Å². The van der Waals surface area contributed by atoms with E-state index in [1.54, 1.807) is 7.11 Å². The van der Waals surface area contributed by atoms with Gasteiger partial charge in [0.25, 0.3) is 0 Å². The third kappa shape index (κ3) is 5.05. The van der Waals surface area contributed by atoms with Gasteiger partial charge in [-0.1, -0.05) is 36.4 Å². The Kier molecular flexibility index (Phi) is 6.50. The van der Waals surface area contributed by atoms with Crippen LogP contribution in [0.4, 0.5) is 21.9 Å². The highest BCUT2D eigenvalue weighted by molar-refractivity contribution is 6.03. The number of methoxy groups -OCH3 is 1. The van der Waals surface area contributed by atoms with E-state index in [1.165, 1.54) is 0 Å². The van der Waals surface area contributed by atoms with Crippen molar-refractivity contribution in [3.8, 4) is 17.0 Å². The van der Waals surface area contributed by atoms with E-state index >= 15 is 0 Å². The van der Waals surface area contributed by atoms with Crippen molar-refractivity contribution >= 4 is 34.0 Å². The van der Waals surface area contributed by atoms with E-state index in [0.717, 1.165) is 46.5 Å². The summed E-state index contributed by atoms with van der Waals surface area (Å²) in [5.74, 6) is 0.608. The molecule has 5 rings (SSSR count). The summed E-state index contributed by atoms with van der Waals surface area (Å²) in [5.41, 5.74) is 6.28. The lowest BCUT2D eigenvalue weighted by Gasteiger charge is -2.30. The molecule has 1 aliphatic rings. The Morgan fingerprint density at radius 1 is 0.971 bits per heavy atom. The molecule has 3 aromatic carbocycles. The van der Waals surface area contributed by atoms with Crippen molar-refractivity contribution in [1.29, 1.82) is 0 Å².